The molecular formula is C9H13NO3S2. The van der Waals surface area contributed by atoms with Crippen molar-refractivity contribution in [2.24, 2.45) is 0 Å². The van der Waals surface area contributed by atoms with Crippen molar-refractivity contribution in [3.8, 4) is 0 Å². The molecule has 0 unspecified atom stereocenters. The molecule has 15 heavy (non-hydrogen) atoms. The van der Waals surface area contributed by atoms with Crippen LogP contribution in [0.5, 0.6) is 0 Å². The molecule has 2 rings (SSSR count). The minimum absolute atomic E-state index is 0.112. The lowest BCUT2D eigenvalue weighted by Crippen LogP contribution is -2.28. The zero-order chi connectivity index (χ0) is 11.1. The first-order valence-corrected chi connectivity index (χ1v) is 7.04. The van der Waals surface area contributed by atoms with Gasteiger partial charge in [-0.1, -0.05) is 0 Å². The molecule has 1 aliphatic carbocycles. The molecule has 0 aliphatic heterocycles. The van der Waals surface area contributed by atoms with Crippen LogP contribution in [0, 0.1) is 0 Å². The number of hydrogen-bond donors (Lipinski definition) is 1. The van der Waals surface area contributed by atoms with Crippen molar-refractivity contribution < 1.29 is 13.5 Å². The number of nitrogens with zero attached hydrogens (tertiary/aromatic N) is 1. The first-order chi connectivity index (χ1) is 7.05. The number of hydrogen-bond acceptors (Lipinski definition) is 4. The monoisotopic (exact) mass is 247 g/mol. The lowest BCUT2D eigenvalue weighted by atomic mass is 10.4. The van der Waals surface area contributed by atoms with Crippen LogP contribution in [-0.2, 0) is 16.6 Å². The summed E-state index contributed by atoms with van der Waals surface area (Å²) >= 11 is 1.16. The standard InChI is InChI=1S/C9H13NO3S2/c1-10(8-2-3-8)15(12,13)9-4-7(5-11)6-14-9/h4,6,8,11H,2-3,5H2,1H3. The lowest BCUT2D eigenvalue weighted by Gasteiger charge is -2.14. The molecule has 0 bridgehead atoms. The van der Waals surface area contributed by atoms with Crippen LogP contribution in [0.3, 0.4) is 0 Å². The van der Waals surface area contributed by atoms with E-state index in [1.54, 1.807) is 18.5 Å². The van der Waals surface area contributed by atoms with Crippen LogP contribution in [0.15, 0.2) is 15.7 Å². The minimum Gasteiger partial charge on any atom is -0.392 e. The van der Waals surface area contributed by atoms with Crippen LogP contribution in [0.2, 0.25) is 0 Å². The molecule has 1 fully saturated rings. The Morgan fingerprint density at radius 1 is 1.60 bits per heavy atom. The van der Waals surface area contributed by atoms with Crippen LogP contribution < -0.4 is 0 Å². The third-order valence-electron chi connectivity index (χ3n) is 2.51. The predicted octanol–water partition coefficient (Wildman–Crippen LogP) is 1.02. The van der Waals surface area contributed by atoms with Gasteiger partial charge in [-0.3, -0.25) is 0 Å². The van der Waals surface area contributed by atoms with E-state index in [4.69, 9.17) is 5.11 Å². The molecule has 84 valence electrons. The Morgan fingerprint density at radius 3 is 2.73 bits per heavy atom. The molecule has 4 nitrogen and oxygen atoms in total. The zero-order valence-corrected chi connectivity index (χ0v) is 10.0. The molecule has 0 radical (unpaired) electrons. The summed E-state index contributed by atoms with van der Waals surface area (Å²) in [6, 6.07) is 1.72. The van der Waals surface area contributed by atoms with Crippen molar-refractivity contribution in [3.63, 3.8) is 0 Å². The van der Waals surface area contributed by atoms with Crippen molar-refractivity contribution >= 4 is 21.4 Å². The van der Waals surface area contributed by atoms with Crippen molar-refractivity contribution in [1.29, 1.82) is 0 Å². The number of aliphatic hydroxyl groups excluding tert-OH is 1. The minimum atomic E-state index is -3.32. The summed E-state index contributed by atoms with van der Waals surface area (Å²) in [5, 5.41) is 10.5. The molecule has 6 heteroatoms. The first-order valence-electron chi connectivity index (χ1n) is 4.72. The van der Waals surface area contributed by atoms with Crippen LogP contribution in [-0.4, -0.2) is 30.9 Å². The molecule has 1 heterocycles. The van der Waals surface area contributed by atoms with Crippen LogP contribution in [0.4, 0.5) is 0 Å². The molecule has 0 atom stereocenters. The fourth-order valence-electron chi connectivity index (χ4n) is 1.35. The second-order valence-electron chi connectivity index (χ2n) is 3.68. The summed E-state index contributed by atoms with van der Waals surface area (Å²) in [4.78, 5) is 0. The van der Waals surface area contributed by atoms with E-state index in [-0.39, 0.29) is 12.6 Å². The SMILES string of the molecule is CN(C1CC1)S(=O)(=O)c1cc(CO)cs1. The third kappa shape index (κ3) is 2.08. The summed E-state index contributed by atoms with van der Waals surface area (Å²) in [5.74, 6) is 0. The molecular weight excluding hydrogens is 234 g/mol. The van der Waals surface area contributed by atoms with Gasteiger partial charge in [-0.2, -0.15) is 4.31 Å². The largest absolute Gasteiger partial charge is 0.392 e. The Kier molecular flexibility index (Phi) is 2.85. The molecule has 1 N–H and O–H groups in total. The summed E-state index contributed by atoms with van der Waals surface area (Å²) < 4.78 is 25.7. The van der Waals surface area contributed by atoms with Gasteiger partial charge in [0.1, 0.15) is 4.21 Å². The number of sulfonamides is 1. The molecule has 0 saturated heterocycles. The van der Waals surface area contributed by atoms with E-state index < -0.39 is 10.0 Å². The normalized spacial score (nSPS) is 17.3. The van der Waals surface area contributed by atoms with Gasteiger partial charge in [0, 0.05) is 13.1 Å². The van der Waals surface area contributed by atoms with Crippen LogP contribution >= 0.6 is 11.3 Å². The van der Waals surface area contributed by atoms with Crippen molar-refractivity contribution in [3.05, 3.63) is 17.0 Å². The van der Waals surface area contributed by atoms with E-state index in [1.807, 2.05) is 0 Å². The van der Waals surface area contributed by atoms with Crippen molar-refractivity contribution in [2.75, 3.05) is 7.05 Å². The third-order valence-corrected chi connectivity index (χ3v) is 5.88. The van der Waals surface area contributed by atoms with E-state index in [1.165, 1.54) is 4.31 Å². The summed E-state index contributed by atoms with van der Waals surface area (Å²) in [6.45, 7) is -0.112. The van der Waals surface area contributed by atoms with Gasteiger partial charge in [0.2, 0.25) is 0 Å². The van der Waals surface area contributed by atoms with E-state index in [9.17, 15) is 8.42 Å². The maximum Gasteiger partial charge on any atom is 0.252 e. The van der Waals surface area contributed by atoms with Gasteiger partial charge in [0.25, 0.3) is 10.0 Å². The number of rotatable bonds is 4. The van der Waals surface area contributed by atoms with Gasteiger partial charge in [0.15, 0.2) is 0 Å². The Labute approximate surface area is 93.2 Å². The van der Waals surface area contributed by atoms with E-state index in [2.05, 4.69) is 0 Å². The Bertz CT molecular complexity index is 448. The molecule has 1 aliphatic rings. The second-order valence-corrected chi connectivity index (χ2v) is 6.82. The van der Waals surface area contributed by atoms with Crippen LogP contribution in [0.25, 0.3) is 0 Å². The van der Waals surface area contributed by atoms with E-state index in [0.717, 1.165) is 24.2 Å². The lowest BCUT2D eigenvalue weighted by molar-refractivity contribution is 0.282. The maximum atomic E-state index is 12.0. The highest BCUT2D eigenvalue weighted by molar-refractivity contribution is 7.91. The summed E-state index contributed by atoms with van der Waals surface area (Å²) in [7, 11) is -1.71. The van der Waals surface area contributed by atoms with Crippen LogP contribution in [0.1, 0.15) is 18.4 Å². The summed E-state index contributed by atoms with van der Waals surface area (Å²) in [5.41, 5.74) is 0.655. The van der Waals surface area contributed by atoms with Crippen molar-refractivity contribution in [2.45, 2.75) is 29.7 Å². The second kappa shape index (κ2) is 3.86. The maximum absolute atomic E-state index is 12.0. The van der Waals surface area contributed by atoms with Gasteiger partial charge < -0.3 is 5.11 Å². The Balaban J connectivity index is 2.27. The molecule has 1 aromatic rings. The molecule has 1 saturated carbocycles. The smallest absolute Gasteiger partial charge is 0.252 e. The van der Waals surface area contributed by atoms with Gasteiger partial charge >= 0.3 is 0 Å². The van der Waals surface area contributed by atoms with E-state index in [0.29, 0.717) is 9.77 Å². The Hall–Kier alpha value is -0.430. The van der Waals surface area contributed by atoms with E-state index >= 15 is 0 Å². The number of aliphatic hydroxyl groups is 1. The number of thiophene rings is 1. The van der Waals surface area contributed by atoms with Gasteiger partial charge in [-0.05, 0) is 29.9 Å². The average Bonchev–Trinajstić information content (AvgIpc) is 2.93. The highest BCUT2D eigenvalue weighted by atomic mass is 32.2. The zero-order valence-electron chi connectivity index (χ0n) is 8.38. The fourth-order valence-corrected chi connectivity index (χ4v) is 4.15. The van der Waals surface area contributed by atoms with Crippen molar-refractivity contribution in [1.82, 2.24) is 4.31 Å². The highest BCUT2D eigenvalue weighted by Gasteiger charge is 2.35. The molecule has 0 aromatic carbocycles. The molecule has 1 aromatic heterocycles. The van der Waals surface area contributed by atoms with Gasteiger partial charge in [-0.25, -0.2) is 8.42 Å². The van der Waals surface area contributed by atoms with Gasteiger partial charge in [0.05, 0.1) is 6.61 Å². The highest BCUT2D eigenvalue weighted by Crippen LogP contribution is 2.32. The topological polar surface area (TPSA) is 57.6 Å². The van der Waals surface area contributed by atoms with Gasteiger partial charge in [-0.15, -0.1) is 11.3 Å². The predicted molar refractivity (Wildman–Crippen MR) is 58.2 cm³/mol. The quantitative estimate of drug-likeness (QED) is 0.864. The fraction of sp³-hybridized carbons (Fsp3) is 0.556. The average molecular weight is 247 g/mol. The molecule has 0 spiro atoms. The molecule has 0 amide bonds. The first kappa shape index (κ1) is 11.1. The Morgan fingerprint density at radius 2 is 2.27 bits per heavy atom. The summed E-state index contributed by atoms with van der Waals surface area (Å²) in [6.07, 6.45) is 1.90.